The maximum Gasteiger partial charge on any atom is 0.276 e. The Bertz CT molecular complexity index is 966. The van der Waals surface area contributed by atoms with Crippen LogP contribution in [0.4, 0.5) is 10.1 Å². The summed E-state index contributed by atoms with van der Waals surface area (Å²) in [4.78, 5) is 13.9. The molecule has 0 saturated heterocycles. The summed E-state index contributed by atoms with van der Waals surface area (Å²) in [5.41, 5.74) is 4.02. The fourth-order valence-electron chi connectivity index (χ4n) is 3.31. The Morgan fingerprint density at radius 3 is 2.77 bits per heavy atom. The fourth-order valence-corrected chi connectivity index (χ4v) is 3.77. The van der Waals surface area contributed by atoms with Gasteiger partial charge in [-0.2, -0.15) is 5.10 Å². The van der Waals surface area contributed by atoms with Crippen molar-refractivity contribution >= 4 is 23.4 Å². The molecule has 0 fully saturated rings. The van der Waals surface area contributed by atoms with Crippen LogP contribution >= 0.6 is 11.8 Å². The number of amides is 1. The highest BCUT2D eigenvalue weighted by atomic mass is 32.2. The third-order valence-electron chi connectivity index (χ3n) is 4.54. The first-order valence-corrected chi connectivity index (χ1v) is 9.70. The van der Waals surface area contributed by atoms with Gasteiger partial charge in [-0.15, -0.1) is 11.8 Å². The number of hydrogen-bond acceptors (Lipinski definition) is 3. The van der Waals surface area contributed by atoms with Gasteiger partial charge in [0.15, 0.2) is 5.69 Å². The van der Waals surface area contributed by atoms with Crippen LogP contribution in [0, 0.1) is 5.82 Å². The number of hydrogen-bond donors (Lipinski definition) is 1. The van der Waals surface area contributed by atoms with Crippen molar-refractivity contribution in [3.8, 4) is 5.69 Å². The quantitative estimate of drug-likeness (QED) is 0.692. The Morgan fingerprint density at radius 1 is 1.19 bits per heavy atom. The predicted molar refractivity (Wildman–Crippen MR) is 102 cm³/mol. The van der Waals surface area contributed by atoms with E-state index in [9.17, 15) is 9.18 Å². The van der Waals surface area contributed by atoms with E-state index in [-0.39, 0.29) is 11.7 Å². The van der Waals surface area contributed by atoms with Crippen molar-refractivity contribution in [2.24, 2.45) is 0 Å². The first-order chi connectivity index (χ1) is 12.7. The first kappa shape index (κ1) is 16.8. The molecule has 1 aliphatic carbocycles. The van der Waals surface area contributed by atoms with Gasteiger partial charge < -0.3 is 5.32 Å². The zero-order chi connectivity index (χ0) is 18.1. The third kappa shape index (κ3) is 3.12. The summed E-state index contributed by atoms with van der Waals surface area (Å²) in [7, 11) is 0. The minimum atomic E-state index is -0.288. The molecule has 1 aromatic heterocycles. The number of nitrogens with one attached hydrogen (secondary N) is 1. The highest BCUT2D eigenvalue weighted by Crippen LogP contribution is 2.28. The van der Waals surface area contributed by atoms with E-state index in [4.69, 9.17) is 0 Å². The van der Waals surface area contributed by atoms with Crippen molar-refractivity contribution in [3.05, 3.63) is 71.3 Å². The van der Waals surface area contributed by atoms with Crippen LogP contribution < -0.4 is 5.32 Å². The van der Waals surface area contributed by atoms with Gasteiger partial charge in [-0.3, -0.25) is 4.79 Å². The molecule has 0 aliphatic heterocycles. The summed E-state index contributed by atoms with van der Waals surface area (Å²) >= 11 is 1.63. The van der Waals surface area contributed by atoms with Crippen LogP contribution in [0.1, 0.15) is 28.2 Å². The van der Waals surface area contributed by atoms with Crippen molar-refractivity contribution in [3.63, 3.8) is 0 Å². The molecule has 1 heterocycles. The molecule has 0 spiro atoms. The van der Waals surface area contributed by atoms with Crippen molar-refractivity contribution in [1.29, 1.82) is 0 Å². The number of rotatable bonds is 4. The van der Waals surface area contributed by atoms with E-state index < -0.39 is 0 Å². The number of carbonyl (C=O) groups excluding carboxylic acids is 1. The van der Waals surface area contributed by atoms with Crippen LogP contribution in [0.15, 0.2) is 53.4 Å². The molecule has 132 valence electrons. The number of thioether (sulfide) groups is 1. The Morgan fingerprint density at radius 2 is 2.00 bits per heavy atom. The number of anilines is 1. The zero-order valence-corrected chi connectivity index (χ0v) is 15.1. The lowest BCUT2D eigenvalue weighted by Crippen LogP contribution is -2.15. The van der Waals surface area contributed by atoms with Gasteiger partial charge in [0.1, 0.15) is 5.82 Å². The van der Waals surface area contributed by atoms with E-state index in [2.05, 4.69) is 10.4 Å². The lowest BCUT2D eigenvalue weighted by atomic mass is 10.2. The van der Waals surface area contributed by atoms with Crippen molar-refractivity contribution in [2.75, 3.05) is 11.6 Å². The molecule has 0 unspecified atom stereocenters. The molecule has 1 aliphatic rings. The normalized spacial score (nSPS) is 12.8. The maximum absolute atomic E-state index is 13.2. The Balaban J connectivity index is 1.67. The monoisotopic (exact) mass is 367 g/mol. The molecule has 3 aromatic rings. The highest BCUT2D eigenvalue weighted by molar-refractivity contribution is 7.98. The molecule has 1 amide bonds. The summed E-state index contributed by atoms with van der Waals surface area (Å²) in [5, 5.41) is 7.50. The molecule has 6 heteroatoms. The second kappa shape index (κ2) is 6.96. The van der Waals surface area contributed by atoms with Gasteiger partial charge in [-0.25, -0.2) is 9.07 Å². The van der Waals surface area contributed by atoms with Crippen LogP contribution in [0.5, 0.6) is 0 Å². The average molecular weight is 367 g/mol. The summed E-state index contributed by atoms with van der Waals surface area (Å²) < 4.78 is 15.0. The molecular weight excluding hydrogens is 349 g/mol. The van der Waals surface area contributed by atoms with Gasteiger partial charge >= 0.3 is 0 Å². The standard InChI is InChI=1S/C20H18FN3OS/c1-26-16-5-2-4-14(12-16)22-20(25)19-17-6-3-7-18(17)24(23-19)15-10-8-13(21)9-11-15/h2,4-5,8-12H,3,6-7H2,1H3,(H,22,25). The molecule has 2 aromatic carbocycles. The molecule has 0 saturated carbocycles. The van der Waals surface area contributed by atoms with Crippen LogP contribution in [-0.4, -0.2) is 21.9 Å². The lowest BCUT2D eigenvalue weighted by Gasteiger charge is -2.06. The average Bonchev–Trinajstić information content (AvgIpc) is 3.25. The second-order valence-electron chi connectivity index (χ2n) is 6.20. The van der Waals surface area contributed by atoms with E-state index in [0.29, 0.717) is 5.69 Å². The minimum absolute atomic E-state index is 0.206. The van der Waals surface area contributed by atoms with Crippen molar-refractivity contribution in [1.82, 2.24) is 9.78 Å². The Hall–Kier alpha value is -2.60. The van der Waals surface area contributed by atoms with E-state index in [1.165, 1.54) is 12.1 Å². The lowest BCUT2D eigenvalue weighted by molar-refractivity contribution is 0.102. The van der Waals surface area contributed by atoms with E-state index in [0.717, 1.165) is 46.8 Å². The van der Waals surface area contributed by atoms with Gasteiger partial charge in [0.2, 0.25) is 0 Å². The molecular formula is C20H18FN3OS. The second-order valence-corrected chi connectivity index (χ2v) is 7.08. The highest BCUT2D eigenvalue weighted by Gasteiger charge is 2.27. The Kier molecular flexibility index (Phi) is 4.51. The number of benzene rings is 2. The fraction of sp³-hybridized carbons (Fsp3) is 0.200. The van der Waals surface area contributed by atoms with Crippen molar-refractivity contribution in [2.45, 2.75) is 24.2 Å². The van der Waals surface area contributed by atoms with Gasteiger partial charge in [-0.1, -0.05) is 6.07 Å². The van der Waals surface area contributed by atoms with E-state index in [1.807, 2.05) is 30.5 Å². The van der Waals surface area contributed by atoms with Crippen LogP contribution in [-0.2, 0) is 12.8 Å². The summed E-state index contributed by atoms with van der Waals surface area (Å²) in [5.74, 6) is -0.494. The van der Waals surface area contributed by atoms with Gasteiger partial charge in [0.25, 0.3) is 5.91 Å². The maximum atomic E-state index is 13.2. The molecule has 26 heavy (non-hydrogen) atoms. The number of fused-ring (bicyclic) bond motifs is 1. The van der Waals surface area contributed by atoms with Crippen LogP contribution in [0.25, 0.3) is 5.69 Å². The molecule has 1 N–H and O–H groups in total. The first-order valence-electron chi connectivity index (χ1n) is 8.48. The largest absolute Gasteiger partial charge is 0.321 e. The smallest absolute Gasteiger partial charge is 0.276 e. The molecule has 0 atom stereocenters. The minimum Gasteiger partial charge on any atom is -0.321 e. The number of aromatic nitrogens is 2. The number of halogens is 1. The van der Waals surface area contributed by atoms with Gasteiger partial charge in [0.05, 0.1) is 5.69 Å². The number of carbonyl (C=O) groups is 1. The summed E-state index contributed by atoms with van der Waals surface area (Å²) in [6.45, 7) is 0. The summed E-state index contributed by atoms with van der Waals surface area (Å²) in [6.07, 6.45) is 4.70. The number of nitrogens with zero attached hydrogens (tertiary/aromatic N) is 2. The predicted octanol–water partition coefficient (Wildman–Crippen LogP) is 4.47. The third-order valence-corrected chi connectivity index (χ3v) is 5.27. The molecule has 4 rings (SSSR count). The topological polar surface area (TPSA) is 46.9 Å². The molecule has 4 nitrogen and oxygen atoms in total. The van der Waals surface area contributed by atoms with Crippen LogP contribution in [0.2, 0.25) is 0 Å². The van der Waals surface area contributed by atoms with E-state index in [1.54, 1.807) is 28.6 Å². The molecule has 0 radical (unpaired) electrons. The SMILES string of the molecule is CSc1cccc(NC(=O)c2nn(-c3ccc(F)cc3)c3c2CCC3)c1. The molecule has 0 bridgehead atoms. The zero-order valence-electron chi connectivity index (χ0n) is 14.3. The van der Waals surface area contributed by atoms with Crippen molar-refractivity contribution < 1.29 is 9.18 Å². The van der Waals surface area contributed by atoms with Crippen LogP contribution in [0.3, 0.4) is 0 Å². The van der Waals surface area contributed by atoms with Gasteiger partial charge in [0, 0.05) is 21.8 Å². The van der Waals surface area contributed by atoms with E-state index >= 15 is 0 Å². The Labute approximate surface area is 155 Å². The summed E-state index contributed by atoms with van der Waals surface area (Å²) in [6, 6.07) is 13.9. The van der Waals surface area contributed by atoms with Gasteiger partial charge in [-0.05, 0) is 68.0 Å².